The Morgan fingerprint density at radius 2 is 2.04 bits per heavy atom. The van der Waals surface area contributed by atoms with Crippen LogP contribution in [0.4, 0.5) is 0 Å². The molecule has 0 amide bonds. The van der Waals surface area contributed by atoms with E-state index in [4.69, 9.17) is 33.2 Å². The minimum Gasteiger partial charge on any atom is -0.487 e. The number of thiazole rings is 1. The smallest absolute Gasteiger partial charge is 0.151 e. The van der Waals surface area contributed by atoms with Gasteiger partial charge in [0.2, 0.25) is 0 Å². The Morgan fingerprint density at radius 1 is 1.26 bits per heavy atom. The van der Waals surface area contributed by atoms with Crippen molar-refractivity contribution in [1.82, 2.24) is 10.4 Å². The Balaban J connectivity index is 1.71. The number of aromatic nitrogens is 1. The predicted octanol–water partition coefficient (Wildman–Crippen LogP) is 3.66. The molecule has 0 saturated heterocycles. The van der Waals surface area contributed by atoms with Crippen LogP contribution in [0.25, 0.3) is 16.3 Å². The molecule has 27 heavy (non-hydrogen) atoms. The van der Waals surface area contributed by atoms with Crippen LogP contribution < -0.4 is 21.7 Å². The van der Waals surface area contributed by atoms with Crippen LogP contribution in [0.15, 0.2) is 59.6 Å². The number of hydrogen-bond acceptors (Lipinski definition) is 7. The van der Waals surface area contributed by atoms with Gasteiger partial charge in [0, 0.05) is 21.5 Å². The molecule has 0 aliphatic rings. The molecule has 0 radical (unpaired) electrons. The summed E-state index contributed by atoms with van der Waals surface area (Å²) in [6.07, 6.45) is 0. The fourth-order valence-electron chi connectivity index (χ4n) is 2.32. The van der Waals surface area contributed by atoms with E-state index in [1.54, 1.807) is 29.5 Å². The second-order valence-corrected chi connectivity index (χ2v) is 6.81. The lowest BCUT2D eigenvalue weighted by molar-refractivity contribution is 0.302. The summed E-state index contributed by atoms with van der Waals surface area (Å²) in [7, 11) is 0. The van der Waals surface area contributed by atoms with Crippen molar-refractivity contribution in [1.29, 1.82) is 5.26 Å². The highest BCUT2D eigenvalue weighted by Crippen LogP contribution is 2.26. The summed E-state index contributed by atoms with van der Waals surface area (Å²) in [5, 5.41) is 12.6. The van der Waals surface area contributed by atoms with E-state index in [0.29, 0.717) is 22.9 Å². The number of nitrogens with two attached hydrogens (primary N) is 2. The van der Waals surface area contributed by atoms with Crippen LogP contribution in [0.2, 0.25) is 5.02 Å². The van der Waals surface area contributed by atoms with Crippen LogP contribution in [-0.4, -0.2) is 4.98 Å². The fourth-order valence-corrected chi connectivity index (χ4v) is 3.26. The zero-order valence-electron chi connectivity index (χ0n) is 14.1. The molecule has 3 rings (SSSR count). The lowest BCUT2D eigenvalue weighted by Crippen LogP contribution is -2.23. The summed E-state index contributed by atoms with van der Waals surface area (Å²) in [6.45, 7) is 0.317. The predicted molar refractivity (Wildman–Crippen MR) is 107 cm³/mol. The molecule has 0 aliphatic heterocycles. The van der Waals surface area contributed by atoms with Gasteiger partial charge in [-0.1, -0.05) is 35.9 Å². The van der Waals surface area contributed by atoms with Gasteiger partial charge < -0.3 is 15.9 Å². The number of nitriles is 1. The Hall–Kier alpha value is -3.05. The largest absolute Gasteiger partial charge is 0.487 e. The molecule has 0 saturated carbocycles. The maximum absolute atomic E-state index is 9.01. The van der Waals surface area contributed by atoms with Crippen molar-refractivity contribution >= 4 is 28.6 Å². The molecule has 0 bridgehead atoms. The van der Waals surface area contributed by atoms with Crippen LogP contribution in [-0.2, 0) is 6.61 Å². The molecule has 0 atom stereocenters. The van der Waals surface area contributed by atoms with Gasteiger partial charge in [-0.05, 0) is 24.3 Å². The minimum atomic E-state index is 0.0965. The number of allylic oxidation sites excluding steroid dienone is 1. The first-order chi connectivity index (χ1) is 13.1. The van der Waals surface area contributed by atoms with Gasteiger partial charge in [0.1, 0.15) is 23.4 Å². The van der Waals surface area contributed by atoms with Crippen LogP contribution >= 0.6 is 22.9 Å². The van der Waals surface area contributed by atoms with Gasteiger partial charge >= 0.3 is 0 Å². The average molecular weight is 398 g/mol. The van der Waals surface area contributed by atoms with Gasteiger partial charge in [0.25, 0.3) is 0 Å². The number of rotatable bonds is 6. The number of nitrogens with one attached hydrogen (secondary N) is 1. The maximum Gasteiger partial charge on any atom is 0.151 e. The standard InChI is InChI=1S/C19H16ClN5OS/c20-14-6-4-12(5-7-14)19-24-15(11-27-19)10-26-16-3-1-2-13(8-16)18(22)17(9-21)25-23/h1-8,11,25H,10,22-23H2/b18-17-. The molecule has 6 nitrogen and oxygen atoms in total. The fraction of sp³-hybridized carbons (Fsp3) is 0.0526. The molecule has 3 aromatic rings. The lowest BCUT2D eigenvalue weighted by atomic mass is 10.1. The van der Waals surface area contributed by atoms with Crippen molar-refractivity contribution < 1.29 is 4.74 Å². The molecule has 0 fully saturated rings. The second kappa shape index (κ2) is 8.56. The molecular formula is C19H16ClN5OS. The highest BCUT2D eigenvalue weighted by Gasteiger charge is 2.08. The van der Waals surface area contributed by atoms with Gasteiger partial charge in [-0.15, -0.1) is 11.3 Å². The average Bonchev–Trinajstić information content (AvgIpc) is 3.17. The van der Waals surface area contributed by atoms with Crippen molar-refractivity contribution in [2.75, 3.05) is 0 Å². The van der Waals surface area contributed by atoms with Gasteiger partial charge in [0.15, 0.2) is 5.70 Å². The summed E-state index contributed by atoms with van der Waals surface area (Å²) in [5.74, 6) is 5.91. The summed E-state index contributed by atoms with van der Waals surface area (Å²) in [4.78, 5) is 4.58. The van der Waals surface area contributed by atoms with Crippen molar-refractivity contribution in [3.05, 3.63) is 75.9 Å². The quantitative estimate of drug-likeness (QED) is 0.332. The summed E-state index contributed by atoms with van der Waals surface area (Å²) in [6, 6.07) is 16.6. The second-order valence-electron chi connectivity index (χ2n) is 5.51. The van der Waals surface area contributed by atoms with E-state index in [9.17, 15) is 0 Å². The van der Waals surface area contributed by atoms with E-state index in [2.05, 4.69) is 10.4 Å². The van der Waals surface area contributed by atoms with E-state index in [-0.39, 0.29) is 11.4 Å². The van der Waals surface area contributed by atoms with Crippen molar-refractivity contribution in [3.63, 3.8) is 0 Å². The Bertz CT molecular complexity index is 1010. The lowest BCUT2D eigenvalue weighted by Gasteiger charge is -2.08. The first-order valence-corrected chi connectivity index (χ1v) is 9.16. The third-order valence-electron chi connectivity index (χ3n) is 3.70. The Kier molecular flexibility index (Phi) is 5.94. The van der Waals surface area contributed by atoms with E-state index < -0.39 is 0 Å². The number of benzene rings is 2. The summed E-state index contributed by atoms with van der Waals surface area (Å²) >= 11 is 7.46. The maximum atomic E-state index is 9.01. The number of nitrogens with zero attached hydrogens (tertiary/aromatic N) is 2. The van der Waals surface area contributed by atoms with Crippen LogP contribution in [0.1, 0.15) is 11.3 Å². The minimum absolute atomic E-state index is 0.0965. The van der Waals surface area contributed by atoms with Gasteiger partial charge in [-0.2, -0.15) is 5.26 Å². The zero-order chi connectivity index (χ0) is 19.2. The Labute approximate surface area is 165 Å². The highest BCUT2D eigenvalue weighted by atomic mass is 35.5. The zero-order valence-corrected chi connectivity index (χ0v) is 15.7. The number of hydrogen-bond donors (Lipinski definition) is 3. The third kappa shape index (κ3) is 4.57. The van der Waals surface area contributed by atoms with Gasteiger partial charge in [-0.3, -0.25) is 0 Å². The van der Waals surface area contributed by atoms with Crippen LogP contribution in [0.5, 0.6) is 5.75 Å². The molecular weight excluding hydrogens is 382 g/mol. The molecule has 0 unspecified atom stereocenters. The SMILES string of the molecule is N#C/C(NN)=C(/N)c1cccc(OCc2csc(-c3ccc(Cl)cc3)n2)c1. The summed E-state index contributed by atoms with van der Waals surface area (Å²) in [5.41, 5.74) is 11.1. The molecule has 136 valence electrons. The Morgan fingerprint density at radius 3 is 2.74 bits per heavy atom. The van der Waals surface area contributed by atoms with Crippen molar-refractivity contribution in [2.45, 2.75) is 6.61 Å². The number of hydrazine groups is 1. The molecule has 0 spiro atoms. The van der Waals surface area contributed by atoms with Crippen LogP contribution in [0, 0.1) is 11.3 Å². The molecule has 0 aliphatic carbocycles. The van der Waals surface area contributed by atoms with E-state index in [1.807, 2.05) is 41.8 Å². The van der Waals surface area contributed by atoms with E-state index in [1.165, 1.54) is 0 Å². The molecule has 5 N–H and O–H groups in total. The monoisotopic (exact) mass is 397 g/mol. The van der Waals surface area contributed by atoms with Crippen molar-refractivity contribution in [2.24, 2.45) is 11.6 Å². The molecule has 2 aromatic carbocycles. The normalized spacial score (nSPS) is 11.4. The third-order valence-corrected chi connectivity index (χ3v) is 4.89. The first kappa shape index (κ1) is 18.7. The topological polar surface area (TPSA) is 110 Å². The van der Waals surface area contributed by atoms with E-state index >= 15 is 0 Å². The van der Waals surface area contributed by atoms with Crippen LogP contribution in [0.3, 0.4) is 0 Å². The highest BCUT2D eigenvalue weighted by molar-refractivity contribution is 7.13. The van der Waals surface area contributed by atoms with Gasteiger partial charge in [-0.25, -0.2) is 10.8 Å². The van der Waals surface area contributed by atoms with E-state index in [0.717, 1.165) is 16.3 Å². The molecule has 1 aromatic heterocycles. The first-order valence-electron chi connectivity index (χ1n) is 7.90. The van der Waals surface area contributed by atoms with Crippen molar-refractivity contribution in [3.8, 4) is 22.4 Å². The molecule has 1 heterocycles. The molecule has 8 heteroatoms. The number of halogens is 1. The number of ether oxygens (including phenoxy) is 1. The summed E-state index contributed by atoms with van der Waals surface area (Å²) < 4.78 is 5.81. The van der Waals surface area contributed by atoms with Gasteiger partial charge in [0.05, 0.1) is 11.4 Å².